The van der Waals surface area contributed by atoms with Gasteiger partial charge in [-0.2, -0.15) is 0 Å². The summed E-state index contributed by atoms with van der Waals surface area (Å²) >= 11 is 6.21. The van der Waals surface area contributed by atoms with E-state index < -0.39 is 0 Å². The lowest BCUT2D eigenvalue weighted by molar-refractivity contribution is -0.133. The monoisotopic (exact) mass is 349 g/mol. The third-order valence-electron chi connectivity index (χ3n) is 5.04. The Balaban J connectivity index is 1.52. The zero-order valence-corrected chi connectivity index (χ0v) is 14.8. The van der Waals surface area contributed by atoms with Crippen LogP contribution in [0.4, 0.5) is 5.69 Å². The molecule has 24 heavy (non-hydrogen) atoms. The third kappa shape index (κ3) is 3.83. The van der Waals surface area contributed by atoms with Gasteiger partial charge < -0.3 is 15.1 Å². The van der Waals surface area contributed by atoms with Gasteiger partial charge in [0, 0.05) is 56.3 Å². The lowest BCUT2D eigenvalue weighted by atomic mass is 9.95. The van der Waals surface area contributed by atoms with Crippen molar-refractivity contribution in [3.8, 4) is 0 Å². The normalized spacial score (nSPS) is 21.6. The number of hydrogen-bond donors (Lipinski definition) is 1. The van der Waals surface area contributed by atoms with Gasteiger partial charge in [0.15, 0.2) is 0 Å². The summed E-state index contributed by atoms with van der Waals surface area (Å²) in [5.41, 5.74) is 2.25. The van der Waals surface area contributed by atoms with Crippen molar-refractivity contribution < 1.29 is 9.59 Å². The Morgan fingerprint density at radius 1 is 1.29 bits per heavy atom. The first-order valence-electron chi connectivity index (χ1n) is 8.59. The molecule has 0 spiro atoms. The van der Waals surface area contributed by atoms with Crippen LogP contribution < -0.4 is 10.2 Å². The predicted molar refractivity (Wildman–Crippen MR) is 95.3 cm³/mol. The largest absolute Gasteiger partial charge is 0.368 e. The molecule has 2 aliphatic rings. The molecule has 0 aliphatic carbocycles. The van der Waals surface area contributed by atoms with E-state index in [1.165, 1.54) is 0 Å². The van der Waals surface area contributed by atoms with E-state index in [9.17, 15) is 9.59 Å². The van der Waals surface area contributed by atoms with Crippen molar-refractivity contribution in [2.45, 2.75) is 26.2 Å². The number of piperazine rings is 1. The minimum absolute atomic E-state index is 0.101. The minimum Gasteiger partial charge on any atom is -0.368 e. The molecule has 0 radical (unpaired) electrons. The molecule has 130 valence electrons. The van der Waals surface area contributed by atoms with Gasteiger partial charge in [0.25, 0.3) is 0 Å². The van der Waals surface area contributed by atoms with E-state index in [0.29, 0.717) is 19.4 Å². The standard InChI is InChI=1S/C18H24ClN3O2/c1-13-15(19)3-2-4-16(13)21-7-9-22(10-8-21)18(24)11-14-5-6-17(23)20-12-14/h2-4,14H,5-12H2,1H3,(H,20,23). The van der Waals surface area contributed by atoms with Crippen molar-refractivity contribution in [1.29, 1.82) is 0 Å². The maximum absolute atomic E-state index is 12.5. The molecule has 1 N–H and O–H groups in total. The van der Waals surface area contributed by atoms with E-state index in [1.807, 2.05) is 24.0 Å². The average molecular weight is 350 g/mol. The van der Waals surface area contributed by atoms with E-state index in [2.05, 4.69) is 16.3 Å². The number of nitrogens with one attached hydrogen (secondary N) is 1. The lowest BCUT2D eigenvalue weighted by Crippen LogP contribution is -2.49. The number of nitrogens with zero attached hydrogens (tertiary/aromatic N) is 2. The molecular weight excluding hydrogens is 326 g/mol. The number of carbonyl (C=O) groups is 2. The van der Waals surface area contributed by atoms with E-state index >= 15 is 0 Å². The van der Waals surface area contributed by atoms with Gasteiger partial charge in [0.1, 0.15) is 0 Å². The van der Waals surface area contributed by atoms with E-state index in [-0.39, 0.29) is 17.7 Å². The SMILES string of the molecule is Cc1c(Cl)cccc1N1CCN(C(=O)CC2CCC(=O)NC2)CC1. The fraction of sp³-hybridized carbons (Fsp3) is 0.556. The van der Waals surface area contributed by atoms with E-state index in [4.69, 9.17) is 11.6 Å². The van der Waals surface area contributed by atoms with Crippen LogP contribution in [0.25, 0.3) is 0 Å². The Kier molecular flexibility index (Phi) is 5.29. The first kappa shape index (κ1) is 17.1. The average Bonchev–Trinajstić information content (AvgIpc) is 2.59. The van der Waals surface area contributed by atoms with Gasteiger partial charge in [0.05, 0.1) is 0 Å². The molecule has 3 rings (SSSR count). The predicted octanol–water partition coefficient (Wildman–Crippen LogP) is 2.21. The number of hydrogen-bond acceptors (Lipinski definition) is 3. The van der Waals surface area contributed by atoms with Gasteiger partial charge in [-0.05, 0) is 37.0 Å². The summed E-state index contributed by atoms with van der Waals surface area (Å²) in [6.45, 7) is 5.80. The second-order valence-electron chi connectivity index (χ2n) is 6.66. The molecule has 6 heteroatoms. The Labute approximate surface area is 147 Å². The number of amides is 2. The van der Waals surface area contributed by atoms with Crippen LogP contribution in [-0.4, -0.2) is 49.4 Å². The molecule has 0 bridgehead atoms. The fourth-order valence-corrected chi connectivity index (χ4v) is 3.64. The lowest BCUT2D eigenvalue weighted by Gasteiger charge is -2.37. The van der Waals surface area contributed by atoms with Gasteiger partial charge in [0.2, 0.25) is 11.8 Å². The zero-order valence-electron chi connectivity index (χ0n) is 14.1. The Morgan fingerprint density at radius 2 is 2.04 bits per heavy atom. The molecule has 1 atom stereocenters. The zero-order chi connectivity index (χ0) is 17.1. The van der Waals surface area contributed by atoms with Crippen LogP contribution in [0.3, 0.4) is 0 Å². The second kappa shape index (κ2) is 7.43. The summed E-state index contributed by atoms with van der Waals surface area (Å²) in [4.78, 5) is 27.9. The summed E-state index contributed by atoms with van der Waals surface area (Å²) in [5.74, 6) is 0.589. The number of rotatable bonds is 3. The van der Waals surface area contributed by atoms with Crippen molar-refractivity contribution >= 4 is 29.1 Å². The molecule has 0 saturated carbocycles. The molecule has 1 unspecified atom stereocenters. The molecule has 1 aromatic rings. The molecule has 2 amide bonds. The molecule has 1 aromatic carbocycles. The topological polar surface area (TPSA) is 52.7 Å². The Hall–Kier alpha value is -1.75. The quantitative estimate of drug-likeness (QED) is 0.910. The molecule has 0 aromatic heterocycles. The first-order valence-corrected chi connectivity index (χ1v) is 8.97. The number of benzene rings is 1. The highest BCUT2D eigenvalue weighted by atomic mass is 35.5. The minimum atomic E-state index is 0.101. The van der Waals surface area contributed by atoms with E-state index in [1.54, 1.807) is 0 Å². The highest BCUT2D eigenvalue weighted by molar-refractivity contribution is 6.31. The molecule has 2 fully saturated rings. The molecule has 2 aliphatic heterocycles. The Morgan fingerprint density at radius 3 is 2.71 bits per heavy atom. The van der Waals surface area contributed by atoms with Crippen molar-refractivity contribution in [2.75, 3.05) is 37.6 Å². The highest BCUT2D eigenvalue weighted by Gasteiger charge is 2.26. The summed E-state index contributed by atoms with van der Waals surface area (Å²) in [6, 6.07) is 5.96. The van der Waals surface area contributed by atoms with Crippen molar-refractivity contribution in [3.05, 3.63) is 28.8 Å². The molecule has 2 heterocycles. The van der Waals surface area contributed by atoms with Gasteiger partial charge >= 0.3 is 0 Å². The van der Waals surface area contributed by atoms with Crippen LogP contribution in [0, 0.1) is 12.8 Å². The van der Waals surface area contributed by atoms with Gasteiger partial charge in [-0.3, -0.25) is 9.59 Å². The summed E-state index contributed by atoms with van der Waals surface area (Å²) in [5, 5.41) is 3.63. The maximum Gasteiger partial charge on any atom is 0.223 e. The highest BCUT2D eigenvalue weighted by Crippen LogP contribution is 2.27. The number of carbonyl (C=O) groups excluding carboxylic acids is 2. The second-order valence-corrected chi connectivity index (χ2v) is 7.07. The maximum atomic E-state index is 12.5. The van der Waals surface area contributed by atoms with Gasteiger partial charge in [-0.1, -0.05) is 17.7 Å². The van der Waals surface area contributed by atoms with Crippen molar-refractivity contribution in [3.63, 3.8) is 0 Å². The summed E-state index contributed by atoms with van der Waals surface area (Å²) < 4.78 is 0. The Bertz CT molecular complexity index is 617. The number of halogens is 1. The van der Waals surface area contributed by atoms with Crippen LogP contribution in [0.5, 0.6) is 0 Å². The van der Waals surface area contributed by atoms with Crippen LogP contribution >= 0.6 is 11.6 Å². The van der Waals surface area contributed by atoms with Gasteiger partial charge in [-0.15, -0.1) is 0 Å². The molecule has 2 saturated heterocycles. The number of anilines is 1. The van der Waals surface area contributed by atoms with Crippen LogP contribution in [-0.2, 0) is 9.59 Å². The van der Waals surface area contributed by atoms with E-state index in [0.717, 1.165) is 48.9 Å². The number of piperidine rings is 1. The van der Waals surface area contributed by atoms with Crippen LogP contribution in [0.1, 0.15) is 24.8 Å². The summed E-state index contributed by atoms with van der Waals surface area (Å²) in [6.07, 6.45) is 1.90. The van der Waals surface area contributed by atoms with Gasteiger partial charge in [-0.25, -0.2) is 0 Å². The van der Waals surface area contributed by atoms with Crippen LogP contribution in [0.15, 0.2) is 18.2 Å². The molecular formula is C18H24ClN3O2. The van der Waals surface area contributed by atoms with Crippen molar-refractivity contribution in [2.24, 2.45) is 5.92 Å². The first-order chi connectivity index (χ1) is 11.5. The third-order valence-corrected chi connectivity index (χ3v) is 5.45. The fourth-order valence-electron chi connectivity index (χ4n) is 3.47. The molecule has 5 nitrogen and oxygen atoms in total. The van der Waals surface area contributed by atoms with Crippen LogP contribution in [0.2, 0.25) is 5.02 Å². The summed E-state index contributed by atoms with van der Waals surface area (Å²) in [7, 11) is 0. The smallest absolute Gasteiger partial charge is 0.223 e. The van der Waals surface area contributed by atoms with Crippen molar-refractivity contribution in [1.82, 2.24) is 10.2 Å².